The number of halogens is 1. The molecule has 1 aliphatic heterocycles. The van der Waals surface area contributed by atoms with Gasteiger partial charge in [0, 0.05) is 11.1 Å². The van der Waals surface area contributed by atoms with Gasteiger partial charge in [0.15, 0.2) is 6.61 Å². The normalized spacial score (nSPS) is 14.4. The third kappa shape index (κ3) is 3.09. The first-order chi connectivity index (χ1) is 12.9. The summed E-state index contributed by atoms with van der Waals surface area (Å²) in [6, 6.07) is 13.5. The predicted octanol–water partition coefficient (Wildman–Crippen LogP) is 6.01. The lowest BCUT2D eigenvalue weighted by Gasteiger charge is -2.42. The van der Waals surface area contributed by atoms with Crippen LogP contribution >= 0.6 is 32.9 Å². The molecule has 3 nitrogen and oxygen atoms in total. The molecule has 2 heterocycles. The molecule has 138 valence electrons. The number of benzene rings is 2. The van der Waals surface area contributed by atoms with Gasteiger partial charge in [-0.1, -0.05) is 51.1 Å². The van der Waals surface area contributed by atoms with Gasteiger partial charge in [-0.2, -0.15) is 0 Å². The lowest BCUT2D eigenvalue weighted by molar-refractivity contribution is -0.121. The van der Waals surface area contributed by atoms with E-state index in [0.29, 0.717) is 5.75 Å². The third-order valence-corrected chi connectivity index (χ3v) is 7.92. The maximum absolute atomic E-state index is 13.1. The molecular weight excluding hydrogens is 401 g/mol. The Kier molecular flexibility index (Phi) is 4.61. The molecule has 2 aromatic carbocycles. The van der Waals surface area contributed by atoms with E-state index in [1.54, 1.807) is 25.6 Å². The van der Waals surface area contributed by atoms with E-state index < -0.39 is 5.54 Å². The molecule has 0 saturated heterocycles. The van der Waals surface area contributed by atoms with Crippen LogP contribution in [0.25, 0.3) is 11.1 Å². The molecule has 27 heavy (non-hydrogen) atoms. The van der Waals surface area contributed by atoms with Crippen LogP contribution in [0.1, 0.15) is 18.7 Å². The van der Waals surface area contributed by atoms with Crippen LogP contribution in [0.4, 0.5) is 10.1 Å². The fraction of sp³-hybridized carbons (Fsp3) is 0.200. The predicted molar refractivity (Wildman–Crippen MR) is 111 cm³/mol. The van der Waals surface area contributed by atoms with Crippen LogP contribution in [0.3, 0.4) is 0 Å². The van der Waals surface area contributed by atoms with Gasteiger partial charge in [0.05, 0.1) is 16.1 Å². The summed E-state index contributed by atoms with van der Waals surface area (Å²) in [4.78, 5) is 16.0. The molecule has 0 saturated carbocycles. The van der Waals surface area contributed by atoms with Crippen molar-refractivity contribution in [2.24, 2.45) is 0 Å². The molecular formula is C20H16FNO2S3. The molecule has 7 heteroatoms. The van der Waals surface area contributed by atoms with Crippen molar-refractivity contribution in [1.82, 2.24) is 0 Å². The number of amides is 1. The summed E-state index contributed by atoms with van der Waals surface area (Å²) >= 11 is 5.55. The smallest absolute Gasteiger partial charge is 0.265 e. The summed E-state index contributed by atoms with van der Waals surface area (Å²) in [5, 5.41) is 0. The number of anilines is 1. The minimum absolute atomic E-state index is 0.131. The highest BCUT2D eigenvalue weighted by Crippen LogP contribution is 2.51. The second-order valence-corrected chi connectivity index (χ2v) is 9.52. The van der Waals surface area contributed by atoms with E-state index in [2.05, 4.69) is 0 Å². The lowest BCUT2D eigenvalue weighted by atomic mass is 9.87. The number of hydrogen-bond donors (Lipinski definition) is 0. The Bertz CT molecular complexity index is 1070. The van der Waals surface area contributed by atoms with Crippen LogP contribution in [0.15, 0.2) is 48.5 Å². The van der Waals surface area contributed by atoms with Crippen LogP contribution in [-0.2, 0) is 10.3 Å². The number of ether oxygens (including phenoxy) is 1. The van der Waals surface area contributed by atoms with Crippen molar-refractivity contribution in [3.8, 4) is 16.9 Å². The highest BCUT2D eigenvalue weighted by molar-refractivity contribution is 7.80. The molecule has 0 atom stereocenters. The van der Waals surface area contributed by atoms with Gasteiger partial charge < -0.3 is 4.74 Å². The van der Waals surface area contributed by atoms with E-state index in [1.165, 1.54) is 24.3 Å². The van der Waals surface area contributed by atoms with Crippen LogP contribution in [-0.4, -0.2) is 12.5 Å². The number of carbonyl (C=O) groups is 1. The van der Waals surface area contributed by atoms with Gasteiger partial charge in [0.25, 0.3) is 5.91 Å². The van der Waals surface area contributed by atoms with E-state index in [4.69, 9.17) is 17.0 Å². The van der Waals surface area contributed by atoms with Gasteiger partial charge in [-0.3, -0.25) is 9.69 Å². The number of carbonyl (C=O) groups excluding carboxylic acids is 1. The monoisotopic (exact) mass is 417 g/mol. The van der Waals surface area contributed by atoms with Crippen LogP contribution in [0.5, 0.6) is 5.75 Å². The average Bonchev–Trinajstić information content (AvgIpc) is 3.04. The van der Waals surface area contributed by atoms with Gasteiger partial charge in [-0.25, -0.2) is 4.39 Å². The van der Waals surface area contributed by atoms with Crippen molar-refractivity contribution in [2.45, 2.75) is 19.4 Å². The Morgan fingerprint density at radius 1 is 1.15 bits per heavy atom. The third-order valence-electron chi connectivity index (χ3n) is 4.59. The first-order valence-electron chi connectivity index (χ1n) is 8.34. The van der Waals surface area contributed by atoms with Gasteiger partial charge in [0.1, 0.15) is 15.4 Å². The largest absolute Gasteiger partial charge is 0.484 e. The lowest BCUT2D eigenvalue weighted by Crippen LogP contribution is -2.49. The molecule has 0 bridgehead atoms. The van der Waals surface area contributed by atoms with Gasteiger partial charge in [-0.05, 0) is 44.2 Å². The Labute approximate surface area is 169 Å². The first-order valence-corrected chi connectivity index (χ1v) is 10.9. The highest BCUT2D eigenvalue weighted by atomic mass is 32.9. The van der Waals surface area contributed by atoms with E-state index >= 15 is 0 Å². The molecule has 1 aliphatic rings. The zero-order valence-electron chi connectivity index (χ0n) is 14.7. The SMILES string of the molecule is CC1(C)c2ssc(=S)c2-c2ccccc2N1C(=O)COc1ccc(F)cc1. The van der Waals surface area contributed by atoms with E-state index in [1.807, 2.05) is 38.1 Å². The molecule has 0 fully saturated rings. The molecule has 1 amide bonds. The summed E-state index contributed by atoms with van der Waals surface area (Å²) in [5.41, 5.74) is 2.33. The van der Waals surface area contributed by atoms with E-state index in [9.17, 15) is 9.18 Å². The average molecular weight is 418 g/mol. The zero-order chi connectivity index (χ0) is 19.2. The quantitative estimate of drug-likeness (QED) is 0.386. The first kappa shape index (κ1) is 18.3. The van der Waals surface area contributed by atoms with Crippen molar-refractivity contribution in [1.29, 1.82) is 0 Å². The van der Waals surface area contributed by atoms with Crippen molar-refractivity contribution in [2.75, 3.05) is 11.5 Å². The Balaban J connectivity index is 1.70. The number of rotatable bonds is 3. The van der Waals surface area contributed by atoms with E-state index in [0.717, 1.165) is 25.5 Å². The molecule has 3 aromatic rings. The summed E-state index contributed by atoms with van der Waals surface area (Å²) in [6.07, 6.45) is 0. The van der Waals surface area contributed by atoms with Crippen molar-refractivity contribution in [3.05, 3.63) is 63.0 Å². The fourth-order valence-electron chi connectivity index (χ4n) is 3.36. The number of fused-ring (bicyclic) bond motifs is 3. The van der Waals surface area contributed by atoms with Crippen molar-refractivity contribution < 1.29 is 13.9 Å². The van der Waals surface area contributed by atoms with Crippen molar-refractivity contribution in [3.63, 3.8) is 0 Å². The second kappa shape index (κ2) is 6.82. The molecule has 0 spiro atoms. The maximum atomic E-state index is 13.1. The van der Waals surface area contributed by atoms with Crippen LogP contribution in [0, 0.1) is 9.64 Å². The van der Waals surface area contributed by atoms with Crippen LogP contribution in [0.2, 0.25) is 0 Å². The second-order valence-electron chi connectivity index (χ2n) is 6.71. The minimum atomic E-state index is -0.537. The highest BCUT2D eigenvalue weighted by Gasteiger charge is 2.42. The van der Waals surface area contributed by atoms with E-state index in [-0.39, 0.29) is 18.3 Å². The molecule has 0 radical (unpaired) electrons. The molecule has 1 aromatic heterocycles. The van der Waals surface area contributed by atoms with Gasteiger partial charge >= 0.3 is 0 Å². The summed E-state index contributed by atoms with van der Waals surface area (Å²) in [5.74, 6) is -0.0440. The van der Waals surface area contributed by atoms with Crippen LogP contribution < -0.4 is 9.64 Å². The summed E-state index contributed by atoms with van der Waals surface area (Å²) in [7, 11) is 3.18. The summed E-state index contributed by atoms with van der Waals surface area (Å²) < 4.78 is 19.5. The number of nitrogens with zero attached hydrogens (tertiary/aromatic N) is 1. The number of hydrogen-bond acceptors (Lipinski definition) is 5. The van der Waals surface area contributed by atoms with Gasteiger partial charge in [0.2, 0.25) is 0 Å². The molecule has 0 N–H and O–H groups in total. The maximum Gasteiger partial charge on any atom is 0.265 e. The Hall–Kier alpha value is -2.09. The molecule has 0 aliphatic carbocycles. The van der Waals surface area contributed by atoms with Gasteiger partial charge in [-0.15, -0.1) is 0 Å². The minimum Gasteiger partial charge on any atom is -0.484 e. The number of para-hydroxylation sites is 1. The molecule has 0 unspecified atom stereocenters. The molecule has 4 rings (SSSR count). The zero-order valence-corrected chi connectivity index (χ0v) is 17.1. The summed E-state index contributed by atoms with van der Waals surface area (Å²) in [6.45, 7) is 3.92. The fourth-order valence-corrected chi connectivity index (χ4v) is 6.65. The van der Waals surface area contributed by atoms with Crippen molar-refractivity contribution >= 4 is 44.5 Å². The Morgan fingerprint density at radius 2 is 1.85 bits per heavy atom. The standard InChI is InChI=1S/C20H16FNO2S3/c1-20(2)18-17(19(25)27-26-18)14-5-3-4-6-15(14)22(20)16(23)11-24-13-9-7-12(21)8-10-13/h3-10H,11H2,1-2H3. The topological polar surface area (TPSA) is 29.5 Å². The Morgan fingerprint density at radius 3 is 2.59 bits per heavy atom.